The van der Waals surface area contributed by atoms with Crippen LogP contribution in [0.5, 0.6) is 0 Å². The first kappa shape index (κ1) is 18.8. The molecule has 26 heavy (non-hydrogen) atoms. The van der Waals surface area contributed by atoms with Gasteiger partial charge in [0.05, 0.1) is 0 Å². The number of piperazine rings is 1. The maximum Gasteiger partial charge on any atom is 0.318 e. The third kappa shape index (κ3) is 3.73. The Bertz CT molecular complexity index is 609. The number of rotatable bonds is 6. The molecule has 0 radical (unpaired) electrons. The van der Waals surface area contributed by atoms with Crippen LogP contribution in [0, 0.1) is 11.3 Å². The molecule has 7 nitrogen and oxygen atoms in total. The van der Waals surface area contributed by atoms with Crippen LogP contribution in [0.25, 0.3) is 0 Å². The number of anilines is 1. The summed E-state index contributed by atoms with van der Waals surface area (Å²) in [5, 5.41) is 13.3. The van der Waals surface area contributed by atoms with Gasteiger partial charge in [0.25, 0.3) is 0 Å². The van der Waals surface area contributed by atoms with E-state index in [0.29, 0.717) is 6.54 Å². The van der Waals surface area contributed by atoms with Gasteiger partial charge in [0.15, 0.2) is 0 Å². The van der Waals surface area contributed by atoms with Crippen molar-refractivity contribution in [3.05, 3.63) is 24.5 Å². The molecule has 0 bridgehead atoms. The summed E-state index contributed by atoms with van der Waals surface area (Å²) in [7, 11) is 0. The monoisotopic (exact) mass is 360 g/mol. The first-order chi connectivity index (χ1) is 12.5. The zero-order chi connectivity index (χ0) is 18.6. The van der Waals surface area contributed by atoms with Gasteiger partial charge in [0.2, 0.25) is 0 Å². The first-order valence-corrected chi connectivity index (χ1v) is 9.36. The van der Waals surface area contributed by atoms with Crippen molar-refractivity contribution < 1.29 is 14.7 Å². The van der Waals surface area contributed by atoms with E-state index < -0.39 is 11.4 Å². The van der Waals surface area contributed by atoms with Crippen molar-refractivity contribution in [2.24, 2.45) is 11.3 Å². The molecule has 1 unspecified atom stereocenters. The van der Waals surface area contributed by atoms with Crippen molar-refractivity contribution in [1.82, 2.24) is 15.2 Å². The van der Waals surface area contributed by atoms with E-state index >= 15 is 0 Å². The molecule has 0 amide bonds. The Morgan fingerprint density at radius 3 is 2.35 bits per heavy atom. The summed E-state index contributed by atoms with van der Waals surface area (Å²) in [4.78, 5) is 33.2. The average Bonchev–Trinajstić information content (AvgIpc) is 2.67. The van der Waals surface area contributed by atoms with Crippen molar-refractivity contribution in [1.29, 1.82) is 0 Å². The van der Waals surface area contributed by atoms with Crippen LogP contribution in [0.1, 0.15) is 19.8 Å². The van der Waals surface area contributed by atoms with Gasteiger partial charge >= 0.3 is 5.97 Å². The standard InChI is InChI=1S/C19H28N4O3/c1-15(24)19(18(25)26,16-2-6-20-7-3-16)14-22-10-12-23(13-11-22)17-4-8-21-9-5-17/h4-5,8-9,16,20H,2-3,6-7,10-14H2,1H3,(H,25,26). The summed E-state index contributed by atoms with van der Waals surface area (Å²) >= 11 is 0. The number of hydrogen-bond donors (Lipinski definition) is 2. The molecule has 2 aliphatic heterocycles. The highest BCUT2D eigenvalue weighted by Gasteiger charge is 2.51. The van der Waals surface area contributed by atoms with Crippen LogP contribution < -0.4 is 10.2 Å². The van der Waals surface area contributed by atoms with E-state index in [1.54, 1.807) is 12.4 Å². The van der Waals surface area contributed by atoms with Gasteiger partial charge in [-0.3, -0.25) is 19.5 Å². The van der Waals surface area contributed by atoms with E-state index in [1.165, 1.54) is 6.92 Å². The summed E-state index contributed by atoms with van der Waals surface area (Å²) < 4.78 is 0. The van der Waals surface area contributed by atoms with E-state index in [2.05, 4.69) is 20.1 Å². The minimum atomic E-state index is -1.29. The van der Waals surface area contributed by atoms with Gasteiger partial charge < -0.3 is 15.3 Å². The van der Waals surface area contributed by atoms with Crippen LogP contribution in [0.15, 0.2) is 24.5 Å². The number of carbonyl (C=O) groups excluding carboxylic acids is 1. The van der Waals surface area contributed by atoms with Crippen molar-refractivity contribution in [3.8, 4) is 0 Å². The van der Waals surface area contributed by atoms with Gasteiger partial charge in [-0.25, -0.2) is 0 Å². The molecule has 2 saturated heterocycles. The Kier molecular flexibility index (Phi) is 5.88. The molecule has 1 aromatic heterocycles. The lowest BCUT2D eigenvalue weighted by Gasteiger charge is -2.43. The smallest absolute Gasteiger partial charge is 0.318 e. The molecule has 7 heteroatoms. The van der Waals surface area contributed by atoms with Crippen molar-refractivity contribution in [3.63, 3.8) is 0 Å². The number of piperidine rings is 1. The topological polar surface area (TPSA) is 85.8 Å². The number of pyridine rings is 1. The second-order valence-electron chi connectivity index (χ2n) is 7.33. The van der Waals surface area contributed by atoms with Gasteiger partial charge in [0, 0.05) is 50.8 Å². The SMILES string of the molecule is CC(=O)C(CN1CCN(c2ccncc2)CC1)(C(=O)O)C1CCNCC1. The molecule has 0 saturated carbocycles. The Balaban J connectivity index is 1.70. The Labute approximate surface area is 154 Å². The predicted molar refractivity (Wildman–Crippen MR) is 99.2 cm³/mol. The lowest BCUT2D eigenvalue weighted by atomic mass is 9.68. The number of carbonyl (C=O) groups is 2. The Morgan fingerprint density at radius 2 is 1.81 bits per heavy atom. The number of ketones is 1. The number of carboxylic acids is 1. The number of Topliss-reactive ketones (excluding diaryl/α,β-unsaturated/α-hetero) is 1. The summed E-state index contributed by atoms with van der Waals surface area (Å²) in [5.41, 5.74) is -0.157. The van der Waals surface area contributed by atoms with Crippen molar-refractivity contribution >= 4 is 17.4 Å². The normalized spacial score (nSPS) is 22.0. The van der Waals surface area contributed by atoms with Crippen LogP contribution in [0.2, 0.25) is 0 Å². The maximum atomic E-state index is 12.5. The second-order valence-corrected chi connectivity index (χ2v) is 7.33. The molecule has 0 spiro atoms. The third-order valence-corrected chi connectivity index (χ3v) is 5.92. The van der Waals surface area contributed by atoms with E-state index in [9.17, 15) is 14.7 Å². The van der Waals surface area contributed by atoms with E-state index in [4.69, 9.17) is 0 Å². The van der Waals surface area contributed by atoms with Crippen molar-refractivity contribution in [2.45, 2.75) is 19.8 Å². The van der Waals surface area contributed by atoms with Crippen LogP contribution in [-0.2, 0) is 9.59 Å². The Morgan fingerprint density at radius 1 is 1.19 bits per heavy atom. The number of aromatic nitrogens is 1. The highest BCUT2D eigenvalue weighted by Crippen LogP contribution is 2.37. The molecule has 3 heterocycles. The quantitative estimate of drug-likeness (QED) is 0.728. The summed E-state index contributed by atoms with van der Waals surface area (Å²) in [6.07, 6.45) is 5.04. The molecule has 0 aromatic carbocycles. The van der Waals surface area contributed by atoms with Crippen LogP contribution in [0.3, 0.4) is 0 Å². The molecule has 1 atom stereocenters. The van der Waals surface area contributed by atoms with Crippen LogP contribution in [-0.4, -0.2) is 72.6 Å². The highest BCUT2D eigenvalue weighted by atomic mass is 16.4. The fourth-order valence-electron chi connectivity index (χ4n) is 4.31. The first-order valence-electron chi connectivity index (χ1n) is 9.36. The van der Waals surface area contributed by atoms with E-state index in [0.717, 1.165) is 57.8 Å². The lowest BCUT2D eigenvalue weighted by Crippen LogP contribution is -2.57. The second kappa shape index (κ2) is 8.14. The molecular formula is C19H28N4O3. The number of nitrogens with zero attached hydrogens (tertiary/aromatic N) is 3. The highest BCUT2D eigenvalue weighted by molar-refractivity contribution is 6.02. The van der Waals surface area contributed by atoms with E-state index in [1.807, 2.05) is 12.1 Å². The summed E-state index contributed by atoms with van der Waals surface area (Å²) in [5.74, 6) is -1.28. The van der Waals surface area contributed by atoms with Crippen LogP contribution in [0.4, 0.5) is 5.69 Å². The molecule has 2 aliphatic rings. The lowest BCUT2D eigenvalue weighted by molar-refractivity contribution is -0.161. The van der Waals surface area contributed by atoms with Gasteiger partial charge in [-0.2, -0.15) is 0 Å². The molecule has 142 valence electrons. The number of carboxylic acid groups (broad SMARTS) is 1. The van der Waals surface area contributed by atoms with Gasteiger partial charge in [-0.05, 0) is 50.9 Å². The minimum absolute atomic E-state index is 0.100. The summed E-state index contributed by atoms with van der Waals surface area (Å²) in [6.45, 7) is 6.49. The molecule has 2 N–H and O–H groups in total. The molecular weight excluding hydrogens is 332 g/mol. The zero-order valence-corrected chi connectivity index (χ0v) is 15.4. The van der Waals surface area contributed by atoms with Gasteiger partial charge in [-0.15, -0.1) is 0 Å². The largest absolute Gasteiger partial charge is 0.480 e. The zero-order valence-electron chi connectivity index (χ0n) is 15.4. The van der Waals surface area contributed by atoms with Crippen molar-refractivity contribution in [2.75, 3.05) is 50.7 Å². The minimum Gasteiger partial charge on any atom is -0.480 e. The van der Waals surface area contributed by atoms with Gasteiger partial charge in [-0.1, -0.05) is 0 Å². The fourth-order valence-corrected chi connectivity index (χ4v) is 4.31. The number of hydrogen-bond acceptors (Lipinski definition) is 6. The summed E-state index contributed by atoms with van der Waals surface area (Å²) in [6, 6.07) is 3.98. The molecule has 0 aliphatic carbocycles. The van der Waals surface area contributed by atoms with Gasteiger partial charge in [0.1, 0.15) is 11.2 Å². The number of aliphatic carboxylic acids is 1. The molecule has 3 rings (SSSR count). The third-order valence-electron chi connectivity index (χ3n) is 5.92. The average molecular weight is 360 g/mol. The maximum absolute atomic E-state index is 12.5. The Hall–Kier alpha value is -1.99. The molecule has 2 fully saturated rings. The van der Waals surface area contributed by atoms with Crippen LogP contribution >= 0.6 is 0 Å². The number of nitrogens with one attached hydrogen (secondary N) is 1. The molecule has 1 aromatic rings. The fraction of sp³-hybridized carbons (Fsp3) is 0.632. The van der Waals surface area contributed by atoms with E-state index in [-0.39, 0.29) is 11.7 Å². The predicted octanol–water partition coefficient (Wildman–Crippen LogP) is 0.863.